The van der Waals surface area contributed by atoms with Gasteiger partial charge in [0.25, 0.3) is 11.5 Å². The third-order valence-corrected chi connectivity index (χ3v) is 4.73. The highest BCUT2D eigenvalue weighted by molar-refractivity contribution is 5.94. The van der Waals surface area contributed by atoms with Crippen molar-refractivity contribution in [2.75, 3.05) is 7.11 Å². The molecule has 3 N–H and O–H groups in total. The van der Waals surface area contributed by atoms with E-state index in [9.17, 15) is 9.59 Å². The smallest absolute Gasteiger partial charge is 0.255 e. The molecular weight excluding hydrogens is 318 g/mol. The van der Waals surface area contributed by atoms with Gasteiger partial charge < -0.3 is 15.8 Å². The van der Waals surface area contributed by atoms with Crippen LogP contribution in [0.3, 0.4) is 0 Å². The van der Waals surface area contributed by atoms with E-state index in [1.807, 2.05) is 0 Å². The molecule has 1 saturated carbocycles. The second-order valence-electron chi connectivity index (χ2n) is 6.37. The van der Waals surface area contributed by atoms with Crippen LogP contribution in [0.15, 0.2) is 53.5 Å². The standard InChI is InChI=1S/C19H23N3O3/c1-25-15-9-10-17(16(20)12-15)21-19(24)13-5-7-14(8-6-13)22-11-3-2-4-18(22)23/h2-8,11,15-17H,9-10,12,20H2,1H3,(H,21,24). The first kappa shape index (κ1) is 17.4. The van der Waals surface area contributed by atoms with Crippen LogP contribution in [-0.2, 0) is 4.74 Å². The van der Waals surface area contributed by atoms with Gasteiger partial charge in [-0.05, 0) is 49.6 Å². The summed E-state index contributed by atoms with van der Waals surface area (Å²) in [5.41, 5.74) is 7.32. The Bertz CT molecular complexity index is 785. The third kappa shape index (κ3) is 3.97. The van der Waals surface area contributed by atoms with Gasteiger partial charge in [0, 0.05) is 42.7 Å². The molecule has 3 unspecified atom stereocenters. The van der Waals surface area contributed by atoms with Crippen molar-refractivity contribution in [1.82, 2.24) is 9.88 Å². The molecule has 3 atom stereocenters. The molecule has 0 aliphatic heterocycles. The third-order valence-electron chi connectivity index (χ3n) is 4.73. The van der Waals surface area contributed by atoms with Gasteiger partial charge in [-0.2, -0.15) is 0 Å². The monoisotopic (exact) mass is 341 g/mol. The van der Waals surface area contributed by atoms with Gasteiger partial charge in [0.1, 0.15) is 0 Å². The Morgan fingerprint density at radius 2 is 1.96 bits per heavy atom. The number of nitrogens with one attached hydrogen (secondary N) is 1. The van der Waals surface area contributed by atoms with Crippen molar-refractivity contribution in [2.24, 2.45) is 5.73 Å². The molecule has 0 spiro atoms. The lowest BCUT2D eigenvalue weighted by Gasteiger charge is -2.33. The van der Waals surface area contributed by atoms with Crippen LogP contribution in [0.25, 0.3) is 5.69 Å². The van der Waals surface area contributed by atoms with Gasteiger partial charge in [0.2, 0.25) is 0 Å². The molecule has 1 heterocycles. The summed E-state index contributed by atoms with van der Waals surface area (Å²) in [7, 11) is 1.69. The maximum absolute atomic E-state index is 12.5. The first-order valence-electron chi connectivity index (χ1n) is 8.46. The van der Waals surface area contributed by atoms with Gasteiger partial charge in [-0.3, -0.25) is 14.2 Å². The Kier molecular flexibility index (Phi) is 5.31. The quantitative estimate of drug-likeness (QED) is 0.881. The Balaban J connectivity index is 1.67. The number of nitrogens with zero attached hydrogens (tertiary/aromatic N) is 1. The van der Waals surface area contributed by atoms with Gasteiger partial charge in [-0.1, -0.05) is 6.07 Å². The van der Waals surface area contributed by atoms with Gasteiger partial charge >= 0.3 is 0 Å². The molecule has 25 heavy (non-hydrogen) atoms. The predicted octanol–water partition coefficient (Wildman–Crippen LogP) is 1.46. The number of amides is 1. The highest BCUT2D eigenvalue weighted by Gasteiger charge is 2.29. The van der Waals surface area contributed by atoms with Crippen molar-refractivity contribution in [3.05, 3.63) is 64.6 Å². The second-order valence-corrected chi connectivity index (χ2v) is 6.37. The number of nitrogens with two attached hydrogens (primary N) is 1. The van der Waals surface area contributed by atoms with Gasteiger partial charge in [0.05, 0.1) is 6.10 Å². The number of hydrogen-bond donors (Lipinski definition) is 2. The number of benzene rings is 1. The molecule has 0 saturated heterocycles. The number of hydrogen-bond acceptors (Lipinski definition) is 4. The van der Waals surface area contributed by atoms with E-state index in [1.165, 1.54) is 10.6 Å². The zero-order valence-corrected chi connectivity index (χ0v) is 14.2. The van der Waals surface area contributed by atoms with Crippen molar-refractivity contribution in [3.63, 3.8) is 0 Å². The van der Waals surface area contributed by atoms with Gasteiger partial charge in [0.15, 0.2) is 0 Å². The number of aromatic nitrogens is 1. The minimum atomic E-state index is -0.150. The Morgan fingerprint density at radius 3 is 2.60 bits per heavy atom. The molecule has 1 aliphatic carbocycles. The highest BCUT2D eigenvalue weighted by Crippen LogP contribution is 2.20. The van der Waals surface area contributed by atoms with Crippen molar-refractivity contribution in [2.45, 2.75) is 37.5 Å². The van der Waals surface area contributed by atoms with Gasteiger partial charge in [-0.15, -0.1) is 0 Å². The molecule has 1 aliphatic rings. The van der Waals surface area contributed by atoms with Crippen LogP contribution >= 0.6 is 0 Å². The van der Waals surface area contributed by atoms with E-state index in [0.29, 0.717) is 5.56 Å². The first-order valence-corrected chi connectivity index (χ1v) is 8.46. The molecule has 3 rings (SSSR count). The van der Waals surface area contributed by atoms with Crippen LogP contribution in [-0.4, -0.2) is 35.8 Å². The zero-order chi connectivity index (χ0) is 17.8. The van der Waals surface area contributed by atoms with Crippen molar-refractivity contribution >= 4 is 5.91 Å². The van der Waals surface area contributed by atoms with Crippen LogP contribution in [0.1, 0.15) is 29.6 Å². The van der Waals surface area contributed by atoms with E-state index < -0.39 is 0 Å². The lowest BCUT2D eigenvalue weighted by molar-refractivity contribution is 0.0524. The number of carbonyl (C=O) groups excluding carboxylic acids is 1. The lowest BCUT2D eigenvalue weighted by Crippen LogP contribution is -2.52. The van der Waals surface area contributed by atoms with Gasteiger partial charge in [-0.25, -0.2) is 0 Å². The molecule has 1 amide bonds. The largest absolute Gasteiger partial charge is 0.381 e. The van der Waals surface area contributed by atoms with Crippen LogP contribution in [0, 0.1) is 0 Å². The van der Waals surface area contributed by atoms with E-state index >= 15 is 0 Å². The maximum Gasteiger partial charge on any atom is 0.255 e. The molecule has 2 aromatic rings. The summed E-state index contributed by atoms with van der Waals surface area (Å²) in [6.45, 7) is 0. The molecule has 6 heteroatoms. The summed E-state index contributed by atoms with van der Waals surface area (Å²) in [6.07, 6.45) is 4.32. The van der Waals surface area contributed by atoms with E-state index in [-0.39, 0.29) is 29.7 Å². The summed E-state index contributed by atoms with van der Waals surface area (Å²) in [4.78, 5) is 24.3. The molecule has 0 bridgehead atoms. The van der Waals surface area contributed by atoms with Crippen molar-refractivity contribution < 1.29 is 9.53 Å². The average molecular weight is 341 g/mol. The topological polar surface area (TPSA) is 86.3 Å². The lowest BCUT2D eigenvalue weighted by atomic mass is 9.88. The van der Waals surface area contributed by atoms with Crippen LogP contribution in [0.4, 0.5) is 0 Å². The van der Waals surface area contributed by atoms with E-state index in [4.69, 9.17) is 10.5 Å². The second kappa shape index (κ2) is 7.63. The zero-order valence-electron chi connectivity index (χ0n) is 14.2. The summed E-state index contributed by atoms with van der Waals surface area (Å²) in [5, 5.41) is 3.01. The van der Waals surface area contributed by atoms with Crippen LogP contribution < -0.4 is 16.6 Å². The SMILES string of the molecule is COC1CCC(NC(=O)c2ccc(-n3ccccc3=O)cc2)C(N)C1. The number of methoxy groups -OCH3 is 1. The molecule has 0 radical (unpaired) electrons. The predicted molar refractivity (Wildman–Crippen MR) is 95.9 cm³/mol. The molecule has 1 aromatic heterocycles. The Labute approximate surface area is 146 Å². The minimum Gasteiger partial charge on any atom is -0.381 e. The summed E-state index contributed by atoms with van der Waals surface area (Å²) in [5.74, 6) is -0.150. The molecule has 132 valence electrons. The average Bonchev–Trinajstić information content (AvgIpc) is 2.64. The molecular formula is C19H23N3O3. The number of ether oxygens (including phenoxy) is 1. The normalized spacial score (nSPS) is 23.2. The summed E-state index contributed by atoms with van der Waals surface area (Å²) >= 11 is 0. The fourth-order valence-electron chi connectivity index (χ4n) is 3.22. The molecule has 1 aromatic carbocycles. The number of pyridine rings is 1. The van der Waals surface area contributed by atoms with Crippen LogP contribution in [0.5, 0.6) is 0 Å². The number of carbonyl (C=O) groups is 1. The maximum atomic E-state index is 12.5. The molecule has 1 fully saturated rings. The Morgan fingerprint density at radius 1 is 1.20 bits per heavy atom. The first-order chi connectivity index (χ1) is 12.1. The minimum absolute atomic E-state index is 0.0460. The van der Waals surface area contributed by atoms with Crippen LogP contribution in [0.2, 0.25) is 0 Å². The fraction of sp³-hybridized carbons (Fsp3) is 0.368. The summed E-state index contributed by atoms with van der Waals surface area (Å²) < 4.78 is 6.88. The highest BCUT2D eigenvalue weighted by atomic mass is 16.5. The Hall–Kier alpha value is -2.44. The molecule has 6 nitrogen and oxygen atoms in total. The van der Waals surface area contributed by atoms with Crippen molar-refractivity contribution in [1.29, 1.82) is 0 Å². The van der Waals surface area contributed by atoms with E-state index in [1.54, 1.807) is 49.7 Å². The van der Waals surface area contributed by atoms with Crippen molar-refractivity contribution in [3.8, 4) is 5.69 Å². The van der Waals surface area contributed by atoms with E-state index in [0.717, 1.165) is 24.9 Å². The van der Waals surface area contributed by atoms with E-state index in [2.05, 4.69) is 5.32 Å². The summed E-state index contributed by atoms with van der Waals surface area (Å²) in [6, 6.07) is 11.8. The fourth-order valence-corrected chi connectivity index (χ4v) is 3.22. The number of rotatable bonds is 4.